The van der Waals surface area contributed by atoms with Crippen molar-refractivity contribution < 1.29 is 0 Å². The van der Waals surface area contributed by atoms with Gasteiger partial charge in [-0.3, -0.25) is 0 Å². The van der Waals surface area contributed by atoms with E-state index in [1.807, 2.05) is 28.9 Å². The summed E-state index contributed by atoms with van der Waals surface area (Å²) in [7, 11) is 2.08. The number of hydrogen-bond donors (Lipinski definition) is 1. The standard InChI is InChI=1S/C22H25N5/c1-17-18(16-27(25-17)19-10-4-3-5-11-19)9-8-14-23-15-22-24-20-12-6-7-13-21(20)26(22)2/h3-7,10-13,16,23H,8-9,14-15H2,1-2H3. The van der Waals surface area contributed by atoms with E-state index in [2.05, 4.69) is 65.5 Å². The van der Waals surface area contributed by atoms with Crippen LogP contribution in [0.15, 0.2) is 60.8 Å². The Morgan fingerprint density at radius 1 is 1.00 bits per heavy atom. The van der Waals surface area contributed by atoms with Gasteiger partial charge in [0.15, 0.2) is 0 Å². The van der Waals surface area contributed by atoms with Crippen molar-refractivity contribution in [2.24, 2.45) is 7.05 Å². The van der Waals surface area contributed by atoms with Gasteiger partial charge in [0.1, 0.15) is 5.82 Å². The molecule has 5 heteroatoms. The first-order valence-electron chi connectivity index (χ1n) is 9.44. The van der Waals surface area contributed by atoms with Crippen LogP contribution in [0, 0.1) is 6.92 Å². The summed E-state index contributed by atoms with van der Waals surface area (Å²) in [6.45, 7) is 3.83. The van der Waals surface area contributed by atoms with Crippen molar-refractivity contribution >= 4 is 11.0 Å². The quantitative estimate of drug-likeness (QED) is 0.511. The third-order valence-electron chi connectivity index (χ3n) is 4.98. The fourth-order valence-corrected chi connectivity index (χ4v) is 3.41. The Morgan fingerprint density at radius 3 is 2.59 bits per heavy atom. The first kappa shape index (κ1) is 17.5. The number of hydrogen-bond acceptors (Lipinski definition) is 3. The van der Waals surface area contributed by atoms with Gasteiger partial charge in [0.2, 0.25) is 0 Å². The van der Waals surface area contributed by atoms with Crippen molar-refractivity contribution in [1.82, 2.24) is 24.6 Å². The van der Waals surface area contributed by atoms with Crippen molar-refractivity contribution in [3.63, 3.8) is 0 Å². The highest BCUT2D eigenvalue weighted by atomic mass is 15.3. The average molecular weight is 359 g/mol. The summed E-state index contributed by atoms with van der Waals surface area (Å²) in [4.78, 5) is 4.71. The number of imidazole rings is 1. The summed E-state index contributed by atoms with van der Waals surface area (Å²) < 4.78 is 4.13. The lowest BCUT2D eigenvalue weighted by Gasteiger charge is -2.05. The third kappa shape index (κ3) is 3.78. The molecule has 0 bridgehead atoms. The van der Waals surface area contributed by atoms with E-state index in [-0.39, 0.29) is 0 Å². The third-order valence-corrected chi connectivity index (χ3v) is 4.98. The molecule has 138 valence electrons. The minimum absolute atomic E-state index is 0.785. The van der Waals surface area contributed by atoms with Gasteiger partial charge in [-0.1, -0.05) is 30.3 Å². The van der Waals surface area contributed by atoms with Crippen LogP contribution in [-0.4, -0.2) is 25.9 Å². The van der Waals surface area contributed by atoms with E-state index in [4.69, 9.17) is 4.98 Å². The first-order valence-corrected chi connectivity index (χ1v) is 9.44. The molecule has 0 saturated carbocycles. The summed E-state index contributed by atoms with van der Waals surface area (Å²) >= 11 is 0. The number of nitrogens with one attached hydrogen (secondary N) is 1. The molecule has 0 unspecified atom stereocenters. The zero-order valence-electron chi connectivity index (χ0n) is 15.9. The molecule has 4 rings (SSSR count). The predicted molar refractivity (Wildman–Crippen MR) is 109 cm³/mol. The number of aromatic nitrogens is 4. The Bertz CT molecular complexity index is 1030. The Morgan fingerprint density at radius 2 is 1.78 bits per heavy atom. The van der Waals surface area contributed by atoms with Crippen molar-refractivity contribution in [1.29, 1.82) is 0 Å². The number of fused-ring (bicyclic) bond motifs is 1. The topological polar surface area (TPSA) is 47.7 Å². The normalized spacial score (nSPS) is 11.3. The largest absolute Gasteiger partial charge is 0.330 e. The lowest BCUT2D eigenvalue weighted by Crippen LogP contribution is -2.18. The maximum atomic E-state index is 4.71. The maximum absolute atomic E-state index is 4.71. The molecule has 0 radical (unpaired) electrons. The fraction of sp³-hybridized carbons (Fsp3) is 0.273. The lowest BCUT2D eigenvalue weighted by molar-refractivity contribution is 0.616. The van der Waals surface area contributed by atoms with Gasteiger partial charge in [-0.2, -0.15) is 5.10 Å². The van der Waals surface area contributed by atoms with Crippen molar-refractivity contribution in [2.45, 2.75) is 26.3 Å². The van der Waals surface area contributed by atoms with Gasteiger partial charge in [-0.25, -0.2) is 9.67 Å². The van der Waals surface area contributed by atoms with Gasteiger partial charge in [0.05, 0.1) is 29.0 Å². The molecule has 0 spiro atoms. The van der Waals surface area contributed by atoms with Crippen LogP contribution in [0.1, 0.15) is 23.5 Å². The number of benzene rings is 2. The SMILES string of the molecule is Cc1nn(-c2ccccc2)cc1CCCNCc1nc2ccccc2n1C. The van der Waals surface area contributed by atoms with Gasteiger partial charge in [-0.15, -0.1) is 0 Å². The van der Waals surface area contributed by atoms with Crippen molar-refractivity contribution in [2.75, 3.05) is 6.54 Å². The molecular formula is C22H25N5. The average Bonchev–Trinajstić information content (AvgIpc) is 3.23. The summed E-state index contributed by atoms with van der Waals surface area (Å²) in [5, 5.41) is 8.17. The van der Waals surface area contributed by atoms with E-state index in [1.54, 1.807) is 0 Å². The number of para-hydroxylation sites is 3. The Labute approximate surface area is 159 Å². The van der Waals surface area contributed by atoms with Crippen molar-refractivity contribution in [3.05, 3.63) is 77.9 Å². The summed E-state index contributed by atoms with van der Waals surface area (Å²) in [5.74, 6) is 1.07. The van der Waals surface area contributed by atoms with E-state index in [1.165, 1.54) is 11.1 Å². The Balaban J connectivity index is 1.30. The minimum Gasteiger partial charge on any atom is -0.330 e. The second-order valence-corrected chi connectivity index (χ2v) is 6.88. The van der Waals surface area contributed by atoms with Crippen LogP contribution in [0.3, 0.4) is 0 Å². The highest BCUT2D eigenvalue weighted by Crippen LogP contribution is 2.15. The molecule has 1 N–H and O–H groups in total. The number of aryl methyl sites for hydroxylation is 3. The first-order chi connectivity index (χ1) is 13.2. The molecule has 0 aliphatic carbocycles. The Kier molecular flexibility index (Phi) is 5.03. The molecule has 27 heavy (non-hydrogen) atoms. The molecule has 0 aliphatic heterocycles. The van der Waals surface area contributed by atoms with Crippen molar-refractivity contribution in [3.8, 4) is 5.69 Å². The Hall–Kier alpha value is -2.92. The van der Waals surface area contributed by atoms with Gasteiger partial charge in [0.25, 0.3) is 0 Å². The number of rotatable bonds is 7. The molecule has 2 aromatic carbocycles. The highest BCUT2D eigenvalue weighted by molar-refractivity contribution is 5.75. The molecule has 0 atom stereocenters. The van der Waals surface area contributed by atoms with Crippen LogP contribution in [0.25, 0.3) is 16.7 Å². The molecule has 5 nitrogen and oxygen atoms in total. The van der Waals surface area contributed by atoms with Gasteiger partial charge >= 0.3 is 0 Å². The van der Waals surface area contributed by atoms with Crippen LogP contribution in [0.5, 0.6) is 0 Å². The van der Waals surface area contributed by atoms with Gasteiger partial charge in [0, 0.05) is 13.2 Å². The molecule has 2 aromatic heterocycles. The predicted octanol–water partition coefficient (Wildman–Crippen LogP) is 3.79. The van der Waals surface area contributed by atoms with Gasteiger partial charge in [-0.05, 0) is 56.1 Å². The van der Waals surface area contributed by atoms with Gasteiger partial charge < -0.3 is 9.88 Å². The smallest absolute Gasteiger partial charge is 0.123 e. The zero-order valence-corrected chi connectivity index (χ0v) is 15.9. The van der Waals surface area contributed by atoms with Crippen LogP contribution >= 0.6 is 0 Å². The lowest BCUT2D eigenvalue weighted by atomic mass is 10.1. The maximum Gasteiger partial charge on any atom is 0.123 e. The molecule has 4 aromatic rings. The fourth-order valence-electron chi connectivity index (χ4n) is 3.41. The molecular weight excluding hydrogens is 334 g/mol. The molecule has 0 amide bonds. The summed E-state index contributed by atoms with van der Waals surface area (Å²) in [6, 6.07) is 18.5. The molecule has 2 heterocycles. The second-order valence-electron chi connectivity index (χ2n) is 6.88. The highest BCUT2D eigenvalue weighted by Gasteiger charge is 2.08. The summed E-state index contributed by atoms with van der Waals surface area (Å²) in [5.41, 5.74) is 5.75. The second kappa shape index (κ2) is 7.76. The van der Waals surface area contributed by atoms with Crippen LogP contribution < -0.4 is 5.32 Å². The van der Waals surface area contributed by atoms with Crippen LogP contribution in [-0.2, 0) is 20.0 Å². The van der Waals surface area contributed by atoms with E-state index in [0.29, 0.717) is 0 Å². The van der Waals surface area contributed by atoms with Crippen LogP contribution in [0.2, 0.25) is 0 Å². The van der Waals surface area contributed by atoms with E-state index in [9.17, 15) is 0 Å². The molecule has 0 saturated heterocycles. The number of nitrogens with zero attached hydrogens (tertiary/aromatic N) is 4. The molecule has 0 aliphatic rings. The van der Waals surface area contributed by atoms with Crippen LogP contribution in [0.4, 0.5) is 0 Å². The zero-order chi connectivity index (χ0) is 18.6. The summed E-state index contributed by atoms with van der Waals surface area (Å²) in [6.07, 6.45) is 4.25. The van der Waals surface area contributed by atoms with E-state index < -0.39 is 0 Å². The monoisotopic (exact) mass is 359 g/mol. The molecule has 0 fully saturated rings. The van der Waals surface area contributed by atoms with E-state index >= 15 is 0 Å². The minimum atomic E-state index is 0.785. The van der Waals surface area contributed by atoms with E-state index in [0.717, 1.165) is 48.7 Å².